The van der Waals surface area contributed by atoms with Gasteiger partial charge in [-0.2, -0.15) is 0 Å². The van der Waals surface area contributed by atoms with Crippen LogP contribution >= 0.6 is 0 Å². The summed E-state index contributed by atoms with van der Waals surface area (Å²) in [5, 5.41) is 5.99. The molecule has 0 bridgehead atoms. The van der Waals surface area contributed by atoms with Crippen LogP contribution in [0, 0.1) is 6.26 Å². The van der Waals surface area contributed by atoms with E-state index in [9.17, 15) is 0 Å². The molecule has 2 heterocycles. The zero-order valence-electron chi connectivity index (χ0n) is 29.1. The molecule has 0 spiro atoms. The molecule has 0 amide bonds. The maximum absolute atomic E-state index is 6.16. The van der Waals surface area contributed by atoms with Crippen molar-refractivity contribution < 1.29 is 24.5 Å². The number of benzene rings is 7. The van der Waals surface area contributed by atoms with Crippen molar-refractivity contribution in [3.8, 4) is 39.3 Å². The zero-order valence-corrected chi connectivity index (χ0v) is 31.5. The van der Waals surface area contributed by atoms with Crippen LogP contribution in [0.2, 0.25) is 0 Å². The van der Waals surface area contributed by atoms with Crippen molar-refractivity contribution in [2.24, 2.45) is 0 Å². The number of hydrogen-bond acceptors (Lipinski definition) is 2. The summed E-state index contributed by atoms with van der Waals surface area (Å²) in [5.74, 6) is 1.39. The van der Waals surface area contributed by atoms with Gasteiger partial charge in [0.2, 0.25) is 0 Å². The first-order valence-electron chi connectivity index (χ1n) is 17.5. The first-order valence-corrected chi connectivity index (χ1v) is 17.5. The van der Waals surface area contributed by atoms with Gasteiger partial charge < -0.3 is 8.98 Å². The van der Waals surface area contributed by atoms with Gasteiger partial charge in [-0.1, -0.05) is 148 Å². The number of imidazole rings is 1. The van der Waals surface area contributed by atoms with Crippen molar-refractivity contribution in [3.63, 3.8) is 0 Å². The smallest absolute Gasteiger partial charge is 0.0774 e. The minimum absolute atomic E-state index is 0. The fourth-order valence-corrected chi connectivity index (χ4v) is 7.54. The van der Waals surface area contributed by atoms with E-state index >= 15 is 0 Å². The Morgan fingerprint density at radius 3 is 1.90 bits per heavy atom. The molecule has 0 fully saturated rings. The molecule has 0 saturated heterocycles. The molecular formula is C47H37IrN2O-. The molecule has 0 aliphatic heterocycles. The predicted molar refractivity (Wildman–Crippen MR) is 209 cm³/mol. The van der Waals surface area contributed by atoms with Crippen LogP contribution in [-0.2, 0) is 20.1 Å². The second-order valence-electron chi connectivity index (χ2n) is 14.0. The standard InChI is InChI=1S/C47H37N2O.Ir/c1-29(2)38-26-36(31-12-6-5-7-13-31)27-39(30(3)4)46(38)49-44-17-11-10-16-43(44)48-47(49)42-28-50-45-23-22-35(25-41(42)45)34-21-20-33-19-18-32-14-8-9-15-37(32)40(33)24-34;/h5-27,29-30H,1-4H3;/q-1;. The Morgan fingerprint density at radius 1 is 0.549 bits per heavy atom. The number of hydrogen-bond donors (Lipinski definition) is 0. The van der Waals surface area contributed by atoms with Crippen molar-refractivity contribution >= 4 is 43.5 Å². The van der Waals surface area contributed by atoms with Crippen molar-refractivity contribution in [2.45, 2.75) is 39.5 Å². The number of fused-ring (bicyclic) bond motifs is 5. The van der Waals surface area contributed by atoms with E-state index in [1.165, 1.54) is 49.5 Å². The van der Waals surface area contributed by atoms with Gasteiger partial charge in [-0.3, -0.25) is 4.98 Å². The maximum atomic E-state index is 6.16. The molecule has 1 radical (unpaired) electrons. The van der Waals surface area contributed by atoms with Crippen molar-refractivity contribution in [2.75, 3.05) is 0 Å². The quantitative estimate of drug-likeness (QED) is 0.123. The SMILES string of the molecule is CC(C)c1cc(-c2ccccc2)cc(C(C)C)c1-n1c(-c2[c-]oc3ccc(-c4ccc5ccc6ccccc6c5c4)cc23)nc2ccccc21.[Ir]. The maximum Gasteiger partial charge on any atom is 0.0774 e. The van der Waals surface area contributed by atoms with Crippen molar-refractivity contribution in [1.82, 2.24) is 9.55 Å². The van der Waals surface area contributed by atoms with E-state index in [0.717, 1.165) is 44.5 Å². The second-order valence-corrected chi connectivity index (χ2v) is 14.0. The van der Waals surface area contributed by atoms with Crippen LogP contribution in [0.1, 0.15) is 50.7 Å². The molecule has 0 aliphatic carbocycles. The minimum Gasteiger partial charge on any atom is -0.557 e. The van der Waals surface area contributed by atoms with E-state index in [1.807, 2.05) is 0 Å². The van der Waals surface area contributed by atoms with Crippen LogP contribution in [0.3, 0.4) is 0 Å². The summed E-state index contributed by atoms with van der Waals surface area (Å²) in [7, 11) is 0. The Morgan fingerprint density at radius 2 is 1.16 bits per heavy atom. The molecule has 0 saturated carbocycles. The van der Waals surface area contributed by atoms with Gasteiger partial charge in [-0.15, -0.1) is 0 Å². The predicted octanol–water partition coefficient (Wildman–Crippen LogP) is 13.1. The third-order valence-corrected chi connectivity index (χ3v) is 10.1. The second kappa shape index (κ2) is 13.1. The van der Waals surface area contributed by atoms with Gasteiger partial charge in [0.25, 0.3) is 0 Å². The third-order valence-electron chi connectivity index (χ3n) is 10.1. The summed E-state index contributed by atoms with van der Waals surface area (Å²) in [5.41, 5.74) is 12.2. The molecule has 0 N–H and O–H groups in total. The minimum atomic E-state index is 0. The molecule has 2 aromatic heterocycles. The monoisotopic (exact) mass is 838 g/mol. The summed E-state index contributed by atoms with van der Waals surface area (Å²) in [6.45, 7) is 9.15. The number of furan rings is 1. The average molecular weight is 838 g/mol. The van der Waals surface area contributed by atoms with E-state index in [-0.39, 0.29) is 31.9 Å². The normalized spacial score (nSPS) is 11.7. The van der Waals surface area contributed by atoms with Crippen LogP contribution in [0.15, 0.2) is 144 Å². The molecule has 3 nitrogen and oxygen atoms in total. The number of aromatic nitrogens is 2. The van der Waals surface area contributed by atoms with Crippen LogP contribution in [0.4, 0.5) is 0 Å². The Labute approximate surface area is 311 Å². The van der Waals surface area contributed by atoms with E-state index in [4.69, 9.17) is 9.40 Å². The molecule has 0 aliphatic rings. The number of rotatable bonds is 6. The average Bonchev–Trinajstić information content (AvgIpc) is 3.75. The molecule has 51 heavy (non-hydrogen) atoms. The van der Waals surface area contributed by atoms with Gasteiger partial charge in [-0.05, 0) is 97.1 Å². The Kier molecular flexibility index (Phi) is 8.46. The van der Waals surface area contributed by atoms with E-state index < -0.39 is 0 Å². The molecule has 9 rings (SSSR count). The van der Waals surface area contributed by atoms with Gasteiger partial charge in [0.1, 0.15) is 0 Å². The van der Waals surface area contributed by atoms with Gasteiger partial charge >= 0.3 is 0 Å². The van der Waals surface area contributed by atoms with Crippen molar-refractivity contribution in [3.05, 3.63) is 157 Å². The summed E-state index contributed by atoms with van der Waals surface area (Å²) in [4.78, 5) is 5.31. The summed E-state index contributed by atoms with van der Waals surface area (Å²) in [6.07, 6.45) is 3.31. The van der Waals surface area contributed by atoms with Gasteiger partial charge in [0.15, 0.2) is 0 Å². The topological polar surface area (TPSA) is 31.0 Å². The summed E-state index contributed by atoms with van der Waals surface area (Å²) >= 11 is 0. The summed E-state index contributed by atoms with van der Waals surface area (Å²) in [6, 6.07) is 50.1. The fraction of sp³-hybridized carbons (Fsp3) is 0.128. The van der Waals surface area contributed by atoms with Gasteiger partial charge in [0.05, 0.1) is 16.9 Å². The third kappa shape index (κ3) is 5.60. The van der Waals surface area contributed by atoms with Crippen LogP contribution in [-0.4, -0.2) is 9.55 Å². The van der Waals surface area contributed by atoms with Gasteiger partial charge in [-0.25, -0.2) is 0 Å². The number of para-hydroxylation sites is 2. The van der Waals surface area contributed by atoms with Gasteiger partial charge in [0, 0.05) is 37.6 Å². The Bertz CT molecular complexity index is 2690. The number of nitrogens with zero attached hydrogens (tertiary/aromatic N) is 2. The molecule has 9 aromatic rings. The molecule has 4 heteroatoms. The van der Waals surface area contributed by atoms with E-state index in [0.29, 0.717) is 0 Å². The first-order chi connectivity index (χ1) is 24.4. The zero-order chi connectivity index (χ0) is 33.9. The molecular weight excluding hydrogens is 801 g/mol. The van der Waals surface area contributed by atoms with Crippen LogP contribution in [0.5, 0.6) is 0 Å². The molecule has 251 valence electrons. The Balaban J connectivity index is 0.00000374. The molecule has 7 aromatic carbocycles. The van der Waals surface area contributed by atoms with Crippen LogP contribution < -0.4 is 0 Å². The molecule has 0 atom stereocenters. The molecule has 0 unspecified atom stereocenters. The fourth-order valence-electron chi connectivity index (χ4n) is 7.54. The van der Waals surface area contributed by atoms with E-state index in [2.05, 4.69) is 178 Å². The Hall–Kier alpha value is -5.28. The summed E-state index contributed by atoms with van der Waals surface area (Å²) < 4.78 is 8.53. The van der Waals surface area contributed by atoms with E-state index in [1.54, 1.807) is 0 Å². The largest absolute Gasteiger partial charge is 0.557 e. The van der Waals surface area contributed by atoms with Crippen molar-refractivity contribution in [1.29, 1.82) is 0 Å². The first kappa shape index (κ1) is 32.9. The van der Waals surface area contributed by atoms with Crippen LogP contribution in [0.25, 0.3) is 82.9 Å².